The number of methoxy groups -OCH3 is 1. The Morgan fingerprint density at radius 1 is 1.38 bits per heavy atom. The van der Waals surface area contributed by atoms with Gasteiger partial charge >= 0.3 is 0 Å². The van der Waals surface area contributed by atoms with Crippen molar-refractivity contribution in [3.8, 4) is 0 Å². The number of nitrogens with two attached hydrogens (primary N) is 1. The van der Waals surface area contributed by atoms with Gasteiger partial charge in [0.2, 0.25) is 5.91 Å². The van der Waals surface area contributed by atoms with Crippen molar-refractivity contribution in [1.82, 2.24) is 4.90 Å². The summed E-state index contributed by atoms with van der Waals surface area (Å²) >= 11 is 0. The molecule has 0 radical (unpaired) electrons. The lowest BCUT2D eigenvalue weighted by molar-refractivity contribution is -0.116. The van der Waals surface area contributed by atoms with Crippen LogP contribution >= 0.6 is 0 Å². The van der Waals surface area contributed by atoms with Crippen LogP contribution in [0.5, 0.6) is 0 Å². The van der Waals surface area contributed by atoms with Crippen LogP contribution in [0.15, 0.2) is 24.3 Å². The number of benzene rings is 1. The Hall–Kier alpha value is -1.59. The minimum Gasteiger partial charge on any atom is -0.397 e. The van der Waals surface area contributed by atoms with E-state index in [1.165, 1.54) is 0 Å². The number of rotatable bonds is 6. The van der Waals surface area contributed by atoms with E-state index < -0.39 is 0 Å². The Balaban J connectivity index is 1.69. The lowest BCUT2D eigenvalue weighted by Gasteiger charge is -2.31. The molecule has 1 saturated heterocycles. The first kappa shape index (κ1) is 15.8. The molecule has 1 aliphatic heterocycles. The van der Waals surface area contributed by atoms with Gasteiger partial charge in [-0.1, -0.05) is 12.1 Å². The minimum absolute atomic E-state index is 0.0203. The number of carbonyl (C=O) groups excluding carboxylic acids is 1. The molecule has 0 atom stereocenters. The Labute approximate surface area is 126 Å². The van der Waals surface area contributed by atoms with Crippen molar-refractivity contribution < 1.29 is 9.53 Å². The van der Waals surface area contributed by atoms with Gasteiger partial charge in [0.1, 0.15) is 0 Å². The van der Waals surface area contributed by atoms with Crippen molar-refractivity contribution >= 4 is 17.3 Å². The zero-order chi connectivity index (χ0) is 15.1. The number of nitrogen functional groups attached to an aromatic ring is 1. The molecular formula is C16H25N3O2. The lowest BCUT2D eigenvalue weighted by Crippen LogP contribution is -2.36. The second-order valence-electron chi connectivity index (χ2n) is 5.63. The van der Waals surface area contributed by atoms with E-state index in [0.717, 1.165) is 39.1 Å². The highest BCUT2D eigenvalue weighted by atomic mass is 16.5. The number of ether oxygens (including phenoxy) is 1. The highest BCUT2D eigenvalue weighted by Gasteiger charge is 2.19. The summed E-state index contributed by atoms with van der Waals surface area (Å²) in [7, 11) is 1.76. The molecule has 1 amide bonds. The maximum atomic E-state index is 12.0. The summed E-state index contributed by atoms with van der Waals surface area (Å²) in [6.07, 6.45) is 2.81. The average molecular weight is 291 g/mol. The van der Waals surface area contributed by atoms with Crippen molar-refractivity contribution in [3.05, 3.63) is 24.3 Å². The highest BCUT2D eigenvalue weighted by Crippen LogP contribution is 2.19. The second kappa shape index (κ2) is 8.00. The van der Waals surface area contributed by atoms with Crippen LogP contribution in [0.2, 0.25) is 0 Å². The topological polar surface area (TPSA) is 67.6 Å². The van der Waals surface area contributed by atoms with Gasteiger partial charge in [0, 0.05) is 26.7 Å². The number of para-hydroxylation sites is 2. The summed E-state index contributed by atoms with van der Waals surface area (Å²) in [6, 6.07) is 7.33. The fourth-order valence-corrected chi connectivity index (χ4v) is 2.70. The summed E-state index contributed by atoms with van der Waals surface area (Å²) in [5.41, 5.74) is 7.11. The summed E-state index contributed by atoms with van der Waals surface area (Å²) in [5.74, 6) is 0.691. The van der Waals surface area contributed by atoms with Crippen LogP contribution in [0.4, 0.5) is 11.4 Å². The number of hydrogen-bond acceptors (Lipinski definition) is 4. The number of anilines is 2. The van der Waals surface area contributed by atoms with Crippen LogP contribution in [0, 0.1) is 5.92 Å². The van der Waals surface area contributed by atoms with Crippen LogP contribution in [-0.2, 0) is 9.53 Å². The monoisotopic (exact) mass is 291 g/mol. The molecule has 0 bridgehead atoms. The fraction of sp³-hybridized carbons (Fsp3) is 0.562. The van der Waals surface area contributed by atoms with Gasteiger partial charge in [-0.2, -0.15) is 0 Å². The van der Waals surface area contributed by atoms with E-state index in [1.807, 2.05) is 18.2 Å². The molecule has 0 unspecified atom stereocenters. The predicted molar refractivity (Wildman–Crippen MR) is 85.1 cm³/mol. The summed E-state index contributed by atoms with van der Waals surface area (Å²) in [6.45, 7) is 3.75. The summed E-state index contributed by atoms with van der Waals surface area (Å²) in [5, 5.41) is 2.87. The van der Waals surface area contributed by atoms with Crippen LogP contribution < -0.4 is 11.1 Å². The molecule has 3 N–H and O–H groups in total. The first-order valence-electron chi connectivity index (χ1n) is 7.54. The van der Waals surface area contributed by atoms with E-state index >= 15 is 0 Å². The van der Waals surface area contributed by atoms with Gasteiger partial charge < -0.3 is 20.7 Å². The van der Waals surface area contributed by atoms with Gasteiger partial charge in [0.15, 0.2) is 0 Å². The molecule has 1 heterocycles. The first-order chi connectivity index (χ1) is 10.2. The Kier molecular flexibility index (Phi) is 6.02. The zero-order valence-corrected chi connectivity index (χ0v) is 12.7. The van der Waals surface area contributed by atoms with Crippen molar-refractivity contribution in [2.45, 2.75) is 19.3 Å². The maximum Gasteiger partial charge on any atom is 0.225 e. The minimum atomic E-state index is 0.0203. The van der Waals surface area contributed by atoms with Crippen molar-refractivity contribution in [2.24, 2.45) is 5.92 Å². The maximum absolute atomic E-state index is 12.0. The third kappa shape index (κ3) is 5.02. The van der Waals surface area contributed by atoms with Crippen LogP contribution in [-0.4, -0.2) is 44.2 Å². The van der Waals surface area contributed by atoms with Gasteiger partial charge in [-0.15, -0.1) is 0 Å². The summed E-state index contributed by atoms with van der Waals surface area (Å²) < 4.78 is 5.20. The largest absolute Gasteiger partial charge is 0.397 e. The third-order valence-corrected chi connectivity index (χ3v) is 4.00. The van der Waals surface area contributed by atoms with Crippen molar-refractivity contribution in [2.75, 3.05) is 44.4 Å². The van der Waals surface area contributed by atoms with Gasteiger partial charge in [-0.25, -0.2) is 0 Å². The van der Waals surface area contributed by atoms with E-state index in [-0.39, 0.29) is 5.91 Å². The predicted octanol–water partition coefficient (Wildman–Crippen LogP) is 1.96. The first-order valence-corrected chi connectivity index (χ1v) is 7.54. The number of carbonyl (C=O) groups is 1. The Morgan fingerprint density at radius 3 is 2.76 bits per heavy atom. The van der Waals surface area contributed by atoms with E-state index in [4.69, 9.17) is 10.5 Å². The normalized spacial score (nSPS) is 16.8. The molecule has 1 aromatic rings. The molecule has 5 heteroatoms. The van der Waals surface area contributed by atoms with E-state index in [1.54, 1.807) is 13.2 Å². The highest BCUT2D eigenvalue weighted by molar-refractivity contribution is 5.93. The molecule has 0 aliphatic carbocycles. The van der Waals surface area contributed by atoms with Gasteiger partial charge in [0.25, 0.3) is 0 Å². The molecule has 1 fully saturated rings. The molecule has 21 heavy (non-hydrogen) atoms. The molecule has 116 valence electrons. The van der Waals surface area contributed by atoms with Crippen molar-refractivity contribution in [1.29, 1.82) is 0 Å². The number of hydrogen-bond donors (Lipinski definition) is 2. The van der Waals surface area contributed by atoms with Gasteiger partial charge in [-0.3, -0.25) is 4.79 Å². The second-order valence-corrected chi connectivity index (χ2v) is 5.63. The van der Waals surface area contributed by atoms with E-state index in [2.05, 4.69) is 10.2 Å². The number of piperidine rings is 1. The van der Waals surface area contributed by atoms with Gasteiger partial charge in [0.05, 0.1) is 11.4 Å². The van der Waals surface area contributed by atoms with E-state index in [9.17, 15) is 4.79 Å². The standard InChI is InChI=1S/C16H25N3O2/c1-21-12-13-6-9-19(10-7-13)11-8-16(20)18-15-5-3-2-4-14(15)17/h2-5,13H,6-12,17H2,1H3,(H,18,20). The lowest BCUT2D eigenvalue weighted by atomic mass is 9.98. The molecule has 0 saturated carbocycles. The molecular weight excluding hydrogens is 266 g/mol. The fourth-order valence-electron chi connectivity index (χ4n) is 2.70. The number of nitrogens with one attached hydrogen (secondary N) is 1. The van der Waals surface area contributed by atoms with Crippen LogP contribution in [0.3, 0.4) is 0 Å². The smallest absolute Gasteiger partial charge is 0.225 e. The van der Waals surface area contributed by atoms with E-state index in [0.29, 0.717) is 23.7 Å². The van der Waals surface area contributed by atoms with Crippen molar-refractivity contribution in [3.63, 3.8) is 0 Å². The number of nitrogens with zero attached hydrogens (tertiary/aromatic N) is 1. The zero-order valence-electron chi connectivity index (χ0n) is 12.7. The molecule has 2 rings (SSSR count). The quantitative estimate of drug-likeness (QED) is 0.786. The molecule has 1 aromatic carbocycles. The third-order valence-electron chi connectivity index (χ3n) is 4.00. The Morgan fingerprint density at radius 2 is 2.10 bits per heavy atom. The van der Waals surface area contributed by atoms with Crippen LogP contribution in [0.1, 0.15) is 19.3 Å². The summed E-state index contributed by atoms with van der Waals surface area (Å²) in [4.78, 5) is 14.3. The molecule has 0 aromatic heterocycles. The molecule has 0 spiro atoms. The number of amides is 1. The average Bonchev–Trinajstić information content (AvgIpc) is 2.49. The molecule has 5 nitrogen and oxygen atoms in total. The van der Waals surface area contributed by atoms with Crippen LogP contribution in [0.25, 0.3) is 0 Å². The molecule has 1 aliphatic rings. The SMILES string of the molecule is COCC1CCN(CCC(=O)Nc2ccccc2N)CC1. The Bertz CT molecular complexity index is 457. The van der Waals surface area contributed by atoms with Gasteiger partial charge in [-0.05, 0) is 44.0 Å². The number of likely N-dealkylation sites (tertiary alicyclic amines) is 1.